The molecule has 1 aliphatic heterocycles. The number of methoxy groups -OCH3 is 1. The highest BCUT2D eigenvalue weighted by Gasteiger charge is 2.25. The zero-order chi connectivity index (χ0) is 19.6. The molecular weight excluding hydrogens is 380 g/mol. The molecular formula is C20H33ClN4O3. The number of amides is 2. The van der Waals surface area contributed by atoms with Crippen LogP contribution in [0.1, 0.15) is 30.6 Å². The van der Waals surface area contributed by atoms with Crippen molar-refractivity contribution >= 4 is 24.2 Å². The Labute approximate surface area is 174 Å². The molecule has 28 heavy (non-hydrogen) atoms. The predicted molar refractivity (Wildman–Crippen MR) is 113 cm³/mol. The van der Waals surface area contributed by atoms with Gasteiger partial charge >= 0.3 is 0 Å². The fourth-order valence-electron chi connectivity index (χ4n) is 3.15. The van der Waals surface area contributed by atoms with Crippen LogP contribution in [0.15, 0.2) is 24.3 Å². The summed E-state index contributed by atoms with van der Waals surface area (Å²) in [5.41, 5.74) is 0.428. The molecule has 1 fully saturated rings. The van der Waals surface area contributed by atoms with E-state index in [4.69, 9.17) is 4.74 Å². The van der Waals surface area contributed by atoms with E-state index in [9.17, 15) is 9.59 Å². The minimum Gasteiger partial charge on any atom is -0.496 e. The van der Waals surface area contributed by atoms with Gasteiger partial charge in [-0.15, -0.1) is 12.4 Å². The molecule has 158 valence electrons. The van der Waals surface area contributed by atoms with Crippen molar-refractivity contribution in [3.05, 3.63) is 29.8 Å². The number of hydrogen-bond acceptors (Lipinski definition) is 5. The number of piperazine rings is 1. The predicted octanol–water partition coefficient (Wildman–Crippen LogP) is 1.28. The molecule has 0 aliphatic carbocycles. The van der Waals surface area contributed by atoms with Crippen LogP contribution in [0.2, 0.25) is 0 Å². The van der Waals surface area contributed by atoms with Crippen molar-refractivity contribution in [2.75, 3.05) is 46.4 Å². The van der Waals surface area contributed by atoms with Crippen molar-refractivity contribution in [2.24, 2.45) is 5.92 Å². The van der Waals surface area contributed by atoms with E-state index in [-0.39, 0.29) is 30.1 Å². The molecule has 0 bridgehead atoms. The van der Waals surface area contributed by atoms with Crippen molar-refractivity contribution in [1.29, 1.82) is 0 Å². The molecule has 1 atom stereocenters. The molecule has 2 amide bonds. The maximum atomic E-state index is 12.6. The van der Waals surface area contributed by atoms with E-state index in [1.807, 2.05) is 13.8 Å². The highest BCUT2D eigenvalue weighted by Crippen LogP contribution is 2.17. The van der Waals surface area contributed by atoms with Gasteiger partial charge in [0.05, 0.1) is 12.7 Å². The molecule has 7 nitrogen and oxygen atoms in total. The highest BCUT2D eigenvalue weighted by atomic mass is 35.5. The Morgan fingerprint density at radius 2 is 1.89 bits per heavy atom. The third-order valence-corrected chi connectivity index (χ3v) is 4.75. The lowest BCUT2D eigenvalue weighted by atomic mass is 10.0. The van der Waals surface area contributed by atoms with E-state index in [1.165, 1.54) is 7.11 Å². The van der Waals surface area contributed by atoms with E-state index in [2.05, 4.69) is 20.9 Å². The molecule has 0 spiro atoms. The van der Waals surface area contributed by atoms with Gasteiger partial charge in [0.15, 0.2) is 0 Å². The normalized spacial score (nSPS) is 15.4. The largest absolute Gasteiger partial charge is 0.496 e. The Morgan fingerprint density at radius 1 is 1.21 bits per heavy atom. The van der Waals surface area contributed by atoms with Crippen LogP contribution in [0.5, 0.6) is 5.75 Å². The average Bonchev–Trinajstić information content (AvgIpc) is 2.69. The van der Waals surface area contributed by atoms with E-state index in [0.29, 0.717) is 17.9 Å². The van der Waals surface area contributed by atoms with Gasteiger partial charge in [-0.1, -0.05) is 26.0 Å². The van der Waals surface area contributed by atoms with Gasteiger partial charge in [0.1, 0.15) is 11.8 Å². The number of hydrogen-bond donors (Lipinski definition) is 3. The first-order valence-corrected chi connectivity index (χ1v) is 9.67. The number of nitrogens with one attached hydrogen (secondary N) is 3. The van der Waals surface area contributed by atoms with Gasteiger partial charge in [0.25, 0.3) is 5.91 Å². The second-order valence-corrected chi connectivity index (χ2v) is 7.13. The topological polar surface area (TPSA) is 82.7 Å². The molecule has 0 aromatic heterocycles. The van der Waals surface area contributed by atoms with E-state index in [1.54, 1.807) is 24.3 Å². The molecule has 1 aromatic carbocycles. The molecule has 1 saturated heterocycles. The Hall–Kier alpha value is -1.83. The standard InChI is InChI=1S/C20H32N4O3.ClH/c1-15(2)18(23-19(25)16-7-4-5-8-17(16)27-3)20(26)22-9-6-12-24-13-10-21-11-14-24;/h4-5,7-8,15,18,21H,6,9-14H2,1-3H3,(H,22,26)(H,23,25);1H. The smallest absolute Gasteiger partial charge is 0.255 e. The summed E-state index contributed by atoms with van der Waals surface area (Å²) in [5.74, 6) is 0.0291. The fraction of sp³-hybridized carbons (Fsp3) is 0.600. The number of halogens is 1. The van der Waals surface area contributed by atoms with Crippen molar-refractivity contribution in [2.45, 2.75) is 26.3 Å². The van der Waals surface area contributed by atoms with Crippen molar-refractivity contribution in [1.82, 2.24) is 20.9 Å². The van der Waals surface area contributed by atoms with Crippen LogP contribution in [0, 0.1) is 5.92 Å². The number of carbonyl (C=O) groups is 2. The molecule has 3 N–H and O–H groups in total. The third-order valence-electron chi connectivity index (χ3n) is 4.75. The summed E-state index contributed by atoms with van der Waals surface area (Å²) < 4.78 is 5.24. The van der Waals surface area contributed by atoms with E-state index >= 15 is 0 Å². The van der Waals surface area contributed by atoms with Crippen LogP contribution in [0.25, 0.3) is 0 Å². The highest BCUT2D eigenvalue weighted by molar-refractivity contribution is 5.99. The van der Waals surface area contributed by atoms with Gasteiger partial charge in [-0.05, 0) is 31.0 Å². The fourth-order valence-corrected chi connectivity index (χ4v) is 3.15. The Balaban J connectivity index is 0.00000392. The van der Waals surface area contributed by atoms with Crippen LogP contribution in [-0.2, 0) is 4.79 Å². The van der Waals surface area contributed by atoms with Crippen molar-refractivity contribution < 1.29 is 14.3 Å². The molecule has 1 unspecified atom stereocenters. The average molecular weight is 413 g/mol. The third kappa shape index (κ3) is 7.30. The number of carbonyl (C=O) groups excluding carboxylic acids is 2. The van der Waals surface area contributed by atoms with E-state index in [0.717, 1.165) is 39.1 Å². The summed E-state index contributed by atoms with van der Waals surface area (Å²) in [4.78, 5) is 27.6. The zero-order valence-corrected chi connectivity index (χ0v) is 17.8. The van der Waals surface area contributed by atoms with Crippen LogP contribution in [-0.4, -0.2) is 69.1 Å². The Bertz CT molecular complexity index is 621. The molecule has 0 radical (unpaired) electrons. The second kappa shape index (κ2) is 12.6. The zero-order valence-electron chi connectivity index (χ0n) is 17.0. The lowest BCUT2D eigenvalue weighted by Gasteiger charge is -2.27. The van der Waals surface area contributed by atoms with Gasteiger partial charge < -0.3 is 25.6 Å². The first-order chi connectivity index (χ1) is 13.0. The monoisotopic (exact) mass is 412 g/mol. The number of ether oxygens (including phenoxy) is 1. The summed E-state index contributed by atoms with van der Waals surface area (Å²) in [6.07, 6.45) is 0.900. The van der Waals surface area contributed by atoms with Gasteiger partial charge in [-0.3, -0.25) is 9.59 Å². The van der Waals surface area contributed by atoms with Crippen molar-refractivity contribution in [3.8, 4) is 5.75 Å². The Morgan fingerprint density at radius 3 is 2.54 bits per heavy atom. The Kier molecular flexibility index (Phi) is 10.9. The molecule has 1 aliphatic rings. The quantitative estimate of drug-likeness (QED) is 0.532. The van der Waals surface area contributed by atoms with Gasteiger partial charge in [0.2, 0.25) is 5.91 Å². The summed E-state index contributed by atoms with van der Waals surface area (Å²) in [5, 5.41) is 9.14. The maximum absolute atomic E-state index is 12.6. The molecule has 1 aromatic rings. The van der Waals surface area contributed by atoms with Crippen LogP contribution in [0.4, 0.5) is 0 Å². The summed E-state index contributed by atoms with van der Waals surface area (Å²) >= 11 is 0. The summed E-state index contributed by atoms with van der Waals surface area (Å²) in [6, 6.07) is 6.42. The molecule has 1 heterocycles. The van der Waals surface area contributed by atoms with Gasteiger partial charge in [-0.2, -0.15) is 0 Å². The minimum atomic E-state index is -0.582. The lowest BCUT2D eigenvalue weighted by molar-refractivity contribution is -0.123. The number of para-hydroxylation sites is 1. The first kappa shape index (κ1) is 24.2. The van der Waals surface area contributed by atoms with Crippen LogP contribution in [0.3, 0.4) is 0 Å². The van der Waals surface area contributed by atoms with Crippen LogP contribution >= 0.6 is 12.4 Å². The summed E-state index contributed by atoms with van der Waals surface area (Å²) in [6.45, 7) is 9.59. The SMILES string of the molecule is COc1ccccc1C(=O)NC(C(=O)NCCCN1CCNCC1)C(C)C.Cl. The van der Waals surface area contributed by atoms with Crippen molar-refractivity contribution in [3.63, 3.8) is 0 Å². The number of benzene rings is 1. The van der Waals surface area contributed by atoms with E-state index < -0.39 is 6.04 Å². The van der Waals surface area contributed by atoms with Gasteiger partial charge in [-0.25, -0.2) is 0 Å². The molecule has 2 rings (SSSR count). The first-order valence-electron chi connectivity index (χ1n) is 9.67. The van der Waals surface area contributed by atoms with Crippen LogP contribution < -0.4 is 20.7 Å². The minimum absolute atomic E-state index is 0. The number of nitrogens with zero attached hydrogens (tertiary/aromatic N) is 1. The van der Waals surface area contributed by atoms with Gasteiger partial charge in [0, 0.05) is 32.7 Å². The molecule has 8 heteroatoms. The maximum Gasteiger partial charge on any atom is 0.255 e. The summed E-state index contributed by atoms with van der Waals surface area (Å²) in [7, 11) is 1.52. The molecule has 0 saturated carbocycles. The second-order valence-electron chi connectivity index (χ2n) is 7.13. The lowest BCUT2D eigenvalue weighted by Crippen LogP contribution is -2.50. The number of rotatable bonds is 9.